The first-order valence-corrected chi connectivity index (χ1v) is 12.0. The molecular weight excluding hydrogens is 416 g/mol. The topological polar surface area (TPSA) is 68.6 Å². The lowest BCUT2D eigenvalue weighted by atomic mass is 9.92. The Bertz CT molecular complexity index is 1040. The number of aromatic nitrogens is 2. The van der Waals surface area contributed by atoms with Crippen LogP contribution in [0.1, 0.15) is 32.3 Å². The van der Waals surface area contributed by atoms with Gasteiger partial charge in [-0.2, -0.15) is 0 Å². The molecule has 0 bridgehead atoms. The highest BCUT2D eigenvalue weighted by Crippen LogP contribution is 2.26. The molecule has 176 valence electrons. The van der Waals surface area contributed by atoms with Crippen LogP contribution in [0.4, 0.5) is 10.7 Å². The molecule has 1 aliphatic rings. The van der Waals surface area contributed by atoms with Gasteiger partial charge in [0.2, 0.25) is 5.95 Å². The summed E-state index contributed by atoms with van der Waals surface area (Å²) in [4.78, 5) is 19.4. The maximum Gasteiger partial charge on any atom is 0.410 e. The molecule has 33 heavy (non-hydrogen) atoms. The molecule has 0 unspecified atom stereocenters. The van der Waals surface area contributed by atoms with Gasteiger partial charge in [-0.1, -0.05) is 42.5 Å². The lowest BCUT2D eigenvalue weighted by Crippen LogP contribution is -2.50. The second-order valence-corrected chi connectivity index (χ2v) is 8.37. The fourth-order valence-corrected chi connectivity index (χ4v) is 4.60. The summed E-state index contributed by atoms with van der Waals surface area (Å²) in [6.45, 7) is 6.99. The molecule has 1 amide bonds. The number of likely N-dealkylation sites (tertiary alicyclic amines) is 1. The van der Waals surface area contributed by atoms with Crippen LogP contribution in [-0.4, -0.2) is 59.0 Å². The zero-order valence-electron chi connectivity index (χ0n) is 19.6. The predicted molar refractivity (Wildman–Crippen MR) is 131 cm³/mol. The molecule has 1 aliphatic heterocycles. The summed E-state index contributed by atoms with van der Waals surface area (Å²) in [5.74, 6) is 0.865. The number of carbonyl (C=O) groups is 1. The van der Waals surface area contributed by atoms with Crippen molar-refractivity contribution in [2.24, 2.45) is 0 Å². The van der Waals surface area contributed by atoms with Crippen LogP contribution in [0.15, 0.2) is 54.6 Å². The number of fused-ring (bicyclic) bond motifs is 1. The van der Waals surface area contributed by atoms with Gasteiger partial charge in [0, 0.05) is 31.8 Å². The van der Waals surface area contributed by atoms with Crippen molar-refractivity contribution in [1.29, 1.82) is 0 Å². The van der Waals surface area contributed by atoms with Gasteiger partial charge < -0.3 is 24.3 Å². The lowest BCUT2D eigenvalue weighted by Gasteiger charge is -2.39. The van der Waals surface area contributed by atoms with Crippen LogP contribution in [-0.2, 0) is 22.4 Å². The van der Waals surface area contributed by atoms with Gasteiger partial charge in [0.1, 0.15) is 0 Å². The van der Waals surface area contributed by atoms with Crippen molar-refractivity contribution in [2.75, 3.05) is 31.7 Å². The second-order valence-electron chi connectivity index (χ2n) is 8.37. The number of anilines is 1. The van der Waals surface area contributed by atoms with E-state index in [0.29, 0.717) is 26.4 Å². The smallest absolute Gasteiger partial charge is 0.410 e. The number of rotatable bonds is 9. The molecule has 2 atom stereocenters. The van der Waals surface area contributed by atoms with Crippen LogP contribution >= 0.6 is 0 Å². The first kappa shape index (κ1) is 23.1. The number of hydrogen-bond donors (Lipinski definition) is 1. The predicted octanol–water partition coefficient (Wildman–Crippen LogP) is 4.72. The largest absolute Gasteiger partial charge is 0.450 e. The first-order chi connectivity index (χ1) is 16.2. The van der Waals surface area contributed by atoms with Crippen molar-refractivity contribution in [3.63, 3.8) is 0 Å². The van der Waals surface area contributed by atoms with Crippen LogP contribution in [0.3, 0.4) is 0 Å². The molecule has 2 aromatic carbocycles. The van der Waals surface area contributed by atoms with Gasteiger partial charge in [-0.3, -0.25) is 0 Å². The Morgan fingerprint density at radius 3 is 2.67 bits per heavy atom. The van der Waals surface area contributed by atoms with Crippen LogP contribution in [0.2, 0.25) is 0 Å². The van der Waals surface area contributed by atoms with E-state index in [4.69, 9.17) is 14.5 Å². The number of nitrogens with zero attached hydrogens (tertiary/aromatic N) is 3. The van der Waals surface area contributed by atoms with Gasteiger partial charge in [-0.05, 0) is 50.8 Å². The third-order valence-electron chi connectivity index (χ3n) is 6.18. The third kappa shape index (κ3) is 5.66. The Balaban J connectivity index is 1.53. The fraction of sp³-hybridized carbons (Fsp3) is 0.462. The Labute approximate surface area is 195 Å². The Kier molecular flexibility index (Phi) is 7.83. The van der Waals surface area contributed by atoms with Crippen molar-refractivity contribution in [1.82, 2.24) is 14.5 Å². The van der Waals surface area contributed by atoms with Crippen molar-refractivity contribution < 1.29 is 14.3 Å². The molecule has 0 radical (unpaired) electrons. The van der Waals surface area contributed by atoms with Crippen molar-refractivity contribution in [2.45, 2.75) is 51.7 Å². The molecular formula is C26H34N4O3. The molecule has 1 saturated heterocycles. The molecule has 1 aromatic heterocycles. The SMILES string of the molecule is CCOCCn1c(N[C@@H]2CCN(C(=O)OCC)[C@H](Cc3ccccc3)C2)nc2ccccc21. The van der Waals surface area contributed by atoms with Crippen LogP contribution in [0.5, 0.6) is 0 Å². The minimum atomic E-state index is -0.221. The minimum absolute atomic E-state index is 0.0685. The summed E-state index contributed by atoms with van der Waals surface area (Å²) in [5.41, 5.74) is 3.30. The van der Waals surface area contributed by atoms with Gasteiger partial charge in [0.25, 0.3) is 0 Å². The maximum absolute atomic E-state index is 12.6. The number of benzene rings is 2. The van der Waals surface area contributed by atoms with Crippen molar-refractivity contribution >= 4 is 23.1 Å². The highest BCUT2D eigenvalue weighted by atomic mass is 16.6. The first-order valence-electron chi connectivity index (χ1n) is 12.0. The Hall–Kier alpha value is -3.06. The van der Waals surface area contributed by atoms with E-state index in [1.807, 2.05) is 55.1 Å². The van der Waals surface area contributed by atoms with Crippen molar-refractivity contribution in [3.8, 4) is 0 Å². The molecule has 7 nitrogen and oxygen atoms in total. The molecule has 0 aliphatic carbocycles. The molecule has 3 aromatic rings. The van der Waals surface area contributed by atoms with Gasteiger partial charge in [0.15, 0.2) is 0 Å². The Morgan fingerprint density at radius 1 is 1.09 bits per heavy atom. The van der Waals surface area contributed by atoms with Gasteiger partial charge in [0.05, 0.1) is 24.2 Å². The van der Waals surface area contributed by atoms with E-state index in [0.717, 1.165) is 42.8 Å². The average molecular weight is 451 g/mol. The normalized spacial score (nSPS) is 18.4. The average Bonchev–Trinajstić information content (AvgIpc) is 3.17. The van der Waals surface area contributed by atoms with Crippen LogP contribution in [0.25, 0.3) is 11.0 Å². The maximum atomic E-state index is 12.6. The van der Waals surface area contributed by atoms with Crippen molar-refractivity contribution in [3.05, 3.63) is 60.2 Å². The highest BCUT2D eigenvalue weighted by Gasteiger charge is 2.33. The summed E-state index contributed by atoms with van der Waals surface area (Å²) in [7, 11) is 0. The number of carbonyl (C=O) groups excluding carboxylic acids is 1. The zero-order valence-corrected chi connectivity index (χ0v) is 19.6. The molecule has 0 saturated carbocycles. The number of hydrogen-bond acceptors (Lipinski definition) is 5. The quantitative estimate of drug-likeness (QED) is 0.478. The molecule has 2 heterocycles. The third-order valence-corrected chi connectivity index (χ3v) is 6.18. The van der Waals surface area contributed by atoms with E-state index in [2.05, 4.69) is 28.1 Å². The summed E-state index contributed by atoms with van der Waals surface area (Å²) >= 11 is 0. The van der Waals surface area contributed by atoms with Gasteiger partial charge in [-0.25, -0.2) is 9.78 Å². The van der Waals surface area contributed by atoms with E-state index in [-0.39, 0.29) is 18.2 Å². The van der Waals surface area contributed by atoms with Crippen LogP contribution in [0, 0.1) is 0 Å². The number of piperidine rings is 1. The fourth-order valence-electron chi connectivity index (χ4n) is 4.60. The standard InChI is InChI=1S/C26H34N4O3/c1-3-32-17-16-30-24-13-9-8-12-23(24)28-25(30)27-21-14-15-29(26(31)33-4-2)22(19-21)18-20-10-6-5-7-11-20/h5-13,21-22H,3-4,14-19H2,1-2H3,(H,27,28)/t21-,22-/m1/s1. The number of para-hydroxylation sites is 2. The molecule has 7 heteroatoms. The summed E-state index contributed by atoms with van der Waals surface area (Å²) in [5, 5.41) is 3.69. The van der Waals surface area contributed by atoms with Gasteiger partial charge in [-0.15, -0.1) is 0 Å². The Morgan fingerprint density at radius 2 is 1.88 bits per heavy atom. The van der Waals surface area contributed by atoms with Crippen LogP contribution < -0.4 is 5.32 Å². The van der Waals surface area contributed by atoms with E-state index < -0.39 is 0 Å². The van der Waals surface area contributed by atoms with E-state index in [9.17, 15) is 4.79 Å². The number of nitrogens with one attached hydrogen (secondary N) is 1. The molecule has 0 spiro atoms. The zero-order chi connectivity index (χ0) is 23.0. The number of ether oxygens (including phenoxy) is 2. The minimum Gasteiger partial charge on any atom is -0.450 e. The monoisotopic (exact) mass is 450 g/mol. The number of amides is 1. The molecule has 1 fully saturated rings. The van der Waals surface area contributed by atoms with E-state index >= 15 is 0 Å². The van der Waals surface area contributed by atoms with Gasteiger partial charge >= 0.3 is 6.09 Å². The number of imidazole rings is 1. The summed E-state index contributed by atoms with van der Waals surface area (Å²) in [6.07, 6.45) is 2.26. The van der Waals surface area contributed by atoms with E-state index in [1.54, 1.807) is 0 Å². The molecule has 4 rings (SSSR count). The van der Waals surface area contributed by atoms with E-state index in [1.165, 1.54) is 5.56 Å². The summed E-state index contributed by atoms with van der Waals surface area (Å²) in [6, 6.07) is 18.8. The lowest BCUT2D eigenvalue weighted by molar-refractivity contribution is 0.0745. The molecule has 1 N–H and O–H groups in total. The second kappa shape index (κ2) is 11.2. The highest BCUT2D eigenvalue weighted by molar-refractivity contribution is 5.78. The summed E-state index contributed by atoms with van der Waals surface area (Å²) < 4.78 is 13.2.